The molecule has 0 amide bonds. The molecule has 0 aliphatic heterocycles. The summed E-state index contributed by atoms with van der Waals surface area (Å²) in [6.07, 6.45) is -4.99. The van der Waals surface area contributed by atoms with Gasteiger partial charge in [0.15, 0.2) is 0 Å². The molecule has 0 saturated heterocycles. The van der Waals surface area contributed by atoms with Crippen molar-refractivity contribution in [1.29, 1.82) is 0 Å². The van der Waals surface area contributed by atoms with Gasteiger partial charge in [-0.25, -0.2) is 28.7 Å². The Morgan fingerprint density at radius 1 is 0.239 bits per heavy atom. The van der Waals surface area contributed by atoms with Gasteiger partial charge >= 0.3 is 6.18 Å². The third kappa shape index (κ3) is 10.1. The maximum absolute atomic E-state index is 16.9. The molecule has 0 fully saturated rings. The van der Waals surface area contributed by atoms with E-state index in [1.807, 2.05) is 267 Å². The van der Waals surface area contributed by atoms with Gasteiger partial charge in [-0.1, -0.05) is 170 Å². The fraction of sp³-hybridized carbons (Fsp3) is 0.0123. The Hall–Kier alpha value is -12.0. The van der Waals surface area contributed by atoms with E-state index in [4.69, 9.17) is 19.9 Å². The summed E-state index contributed by atoms with van der Waals surface area (Å²) in [6, 6.07) is 91.2. The van der Waals surface area contributed by atoms with Gasteiger partial charge in [0.25, 0.3) is 0 Å². The van der Waals surface area contributed by atoms with Crippen molar-refractivity contribution in [3.05, 3.63) is 314 Å². The van der Waals surface area contributed by atoms with Crippen LogP contribution in [-0.2, 0) is 6.18 Å². The topological polar surface area (TPSA) is 61.4 Å². The minimum Gasteiger partial charge on any atom is -0.309 e. The Morgan fingerprint density at radius 3 is 0.815 bits per heavy atom. The maximum atomic E-state index is 16.9. The van der Waals surface area contributed by atoms with Gasteiger partial charge in [0, 0.05) is 77.7 Å². The summed E-state index contributed by atoms with van der Waals surface area (Å²) in [4.78, 5) is 20.4. The van der Waals surface area contributed by atoms with Crippen LogP contribution in [-0.4, -0.2) is 29.1 Å². The second-order valence-electron chi connectivity index (χ2n) is 22.7. The van der Waals surface area contributed by atoms with Gasteiger partial charge in [-0.3, -0.25) is 0 Å². The quantitative estimate of drug-likeness (QED) is 0.121. The average Bonchev–Trinajstić information content (AvgIpc) is 1.50. The molecular weight excluding hydrogens is 1150 g/mol. The first-order valence-corrected chi connectivity index (χ1v) is 30.0. The van der Waals surface area contributed by atoms with E-state index in [2.05, 4.69) is 0 Å². The van der Waals surface area contributed by atoms with Crippen LogP contribution in [0.5, 0.6) is 0 Å². The molecule has 0 bridgehead atoms. The van der Waals surface area contributed by atoms with Gasteiger partial charge < -0.3 is 9.13 Å². The molecular formula is C81H49F5N6. The minimum absolute atomic E-state index is 0.0265. The maximum Gasteiger partial charge on any atom is 0.418 e. The van der Waals surface area contributed by atoms with Crippen molar-refractivity contribution < 1.29 is 22.0 Å². The SMILES string of the molecule is Fc1cc(F)cc(-c2cc(-n3c4ccc(-c5cccc(-c6ccccc6)n5)cc4c4cc(-c5cccc(-c6ccccc6)n5)ccc43)c(C(F)(F)F)cc2-n2c3ccc(-c4cccc(-c5ccccc5)n4)cc3c3cc(-c4cccc(-c5ccccc5)n4)ccc32)c1. The lowest BCUT2D eigenvalue weighted by Crippen LogP contribution is -2.13. The third-order valence-corrected chi connectivity index (χ3v) is 17.1. The number of nitrogens with zero attached hydrogens (tertiary/aromatic N) is 6. The van der Waals surface area contributed by atoms with Crippen molar-refractivity contribution in [2.24, 2.45) is 0 Å². The fourth-order valence-corrected chi connectivity index (χ4v) is 12.8. The molecule has 0 spiro atoms. The van der Waals surface area contributed by atoms with Crippen LogP contribution >= 0.6 is 0 Å². The first kappa shape index (κ1) is 55.4. The smallest absolute Gasteiger partial charge is 0.309 e. The average molecular weight is 1200 g/mol. The summed E-state index contributed by atoms with van der Waals surface area (Å²) in [7, 11) is 0. The Balaban J connectivity index is 0.948. The number of hydrogen-bond acceptors (Lipinski definition) is 4. The summed E-state index contributed by atoms with van der Waals surface area (Å²) < 4.78 is 86.0. The van der Waals surface area contributed by atoms with Crippen molar-refractivity contribution in [2.45, 2.75) is 6.18 Å². The van der Waals surface area contributed by atoms with Crippen LogP contribution in [0.2, 0.25) is 0 Å². The Bertz CT molecular complexity index is 5230. The second-order valence-corrected chi connectivity index (χ2v) is 22.7. The molecule has 6 nitrogen and oxygen atoms in total. The van der Waals surface area contributed by atoms with E-state index in [-0.39, 0.29) is 22.5 Å². The number of benzene rings is 10. The zero-order valence-electron chi connectivity index (χ0n) is 48.9. The Labute approximate surface area is 525 Å². The van der Waals surface area contributed by atoms with E-state index in [0.29, 0.717) is 66.4 Å². The zero-order valence-corrected chi connectivity index (χ0v) is 48.9. The van der Waals surface area contributed by atoms with Gasteiger partial charge in [-0.2, -0.15) is 13.2 Å². The first-order chi connectivity index (χ1) is 45.0. The molecule has 0 N–H and O–H groups in total. The van der Waals surface area contributed by atoms with Crippen molar-refractivity contribution in [2.75, 3.05) is 0 Å². The molecule has 92 heavy (non-hydrogen) atoms. The Kier molecular flexibility index (Phi) is 13.6. The third-order valence-electron chi connectivity index (χ3n) is 17.1. The molecule has 16 aromatic rings. The second kappa shape index (κ2) is 22.6. The Morgan fingerprint density at radius 2 is 0.522 bits per heavy atom. The number of fused-ring (bicyclic) bond motifs is 6. The molecule has 11 heteroatoms. The highest BCUT2D eigenvalue weighted by Gasteiger charge is 2.37. The number of pyridine rings is 4. The van der Waals surface area contributed by atoms with Crippen LogP contribution in [0.15, 0.2) is 297 Å². The lowest BCUT2D eigenvalue weighted by Gasteiger charge is -2.22. The lowest BCUT2D eigenvalue weighted by molar-refractivity contribution is -0.137. The van der Waals surface area contributed by atoms with Crippen molar-refractivity contribution in [1.82, 2.24) is 29.1 Å². The lowest BCUT2D eigenvalue weighted by atomic mass is 9.98. The normalized spacial score (nSPS) is 11.8. The summed E-state index contributed by atoms with van der Waals surface area (Å²) in [6.45, 7) is 0. The van der Waals surface area contributed by atoms with Gasteiger partial charge in [-0.05, 0) is 127 Å². The van der Waals surface area contributed by atoms with Gasteiger partial charge in [0.1, 0.15) is 11.6 Å². The van der Waals surface area contributed by atoms with Gasteiger partial charge in [-0.15, -0.1) is 0 Å². The van der Waals surface area contributed by atoms with Crippen LogP contribution in [0.1, 0.15) is 5.56 Å². The van der Waals surface area contributed by atoms with Crippen LogP contribution < -0.4 is 0 Å². The monoisotopic (exact) mass is 1200 g/mol. The number of alkyl halides is 3. The molecule has 6 aromatic heterocycles. The molecule has 6 heterocycles. The highest BCUT2D eigenvalue weighted by Crippen LogP contribution is 2.47. The highest BCUT2D eigenvalue weighted by molar-refractivity contribution is 6.14. The molecule has 438 valence electrons. The van der Waals surface area contributed by atoms with Crippen LogP contribution in [0, 0.1) is 11.6 Å². The van der Waals surface area contributed by atoms with Gasteiger partial charge in [0.05, 0.1) is 84.6 Å². The highest BCUT2D eigenvalue weighted by atomic mass is 19.4. The summed E-state index contributed by atoms with van der Waals surface area (Å²) >= 11 is 0. The number of aromatic nitrogens is 6. The van der Waals surface area contributed by atoms with E-state index in [1.54, 1.807) is 9.13 Å². The summed E-state index contributed by atoms with van der Waals surface area (Å²) in [5, 5.41) is 2.67. The molecule has 0 saturated carbocycles. The number of hydrogen-bond donors (Lipinski definition) is 0. The molecule has 0 radical (unpaired) electrons. The number of halogens is 5. The summed E-state index contributed by atoms with van der Waals surface area (Å²) in [5.74, 6) is -1.79. The molecule has 16 rings (SSSR count). The van der Waals surface area contributed by atoms with E-state index in [1.165, 1.54) is 6.07 Å². The molecule has 0 atom stereocenters. The zero-order chi connectivity index (χ0) is 62.0. The first-order valence-electron chi connectivity index (χ1n) is 30.0. The summed E-state index contributed by atoms with van der Waals surface area (Å²) in [5.41, 5.74) is 13.4. The van der Waals surface area contributed by atoms with E-state index in [9.17, 15) is 0 Å². The van der Waals surface area contributed by atoms with Crippen molar-refractivity contribution >= 4 is 43.6 Å². The van der Waals surface area contributed by atoms with Crippen molar-refractivity contribution in [3.8, 4) is 113 Å². The standard InChI is InChI=1S/C81H49F5N6/c82-59-41-58(42-60(83)47-59)61-48-80(92-77-39-35-56(73-31-15-27-69(89-73)52-21-9-3-10-22-52)45-64(77)65-46-57(36-40-78(65)92)74-32-16-28-70(90-74)53-23-11-4-12-24-53)66(81(84,85)86)49-79(61)91-75-37-33-54(71-29-13-25-67(87-71)50-17-5-1-6-18-50)43-62(75)63-44-55(34-38-76(63)91)72-30-14-26-68(88-72)51-19-7-2-8-20-51/h1-49H. The molecule has 0 aliphatic rings. The minimum atomic E-state index is -4.99. The van der Waals surface area contributed by atoms with Crippen LogP contribution in [0.25, 0.3) is 156 Å². The largest absolute Gasteiger partial charge is 0.418 e. The molecule has 0 unspecified atom stereocenters. The van der Waals surface area contributed by atoms with Crippen LogP contribution in [0.4, 0.5) is 22.0 Å². The van der Waals surface area contributed by atoms with Gasteiger partial charge in [0.2, 0.25) is 0 Å². The fourth-order valence-electron chi connectivity index (χ4n) is 12.8. The van der Waals surface area contributed by atoms with E-state index >= 15 is 22.0 Å². The van der Waals surface area contributed by atoms with E-state index in [0.717, 1.165) is 91.5 Å². The molecule has 0 aliphatic carbocycles. The number of rotatable bonds is 11. The predicted molar refractivity (Wildman–Crippen MR) is 360 cm³/mol. The predicted octanol–water partition coefficient (Wildman–Crippen LogP) is 21.8. The van der Waals surface area contributed by atoms with E-state index < -0.39 is 23.4 Å². The van der Waals surface area contributed by atoms with Crippen LogP contribution in [0.3, 0.4) is 0 Å². The van der Waals surface area contributed by atoms with Crippen molar-refractivity contribution in [3.63, 3.8) is 0 Å². The molecule has 10 aromatic carbocycles.